The Labute approximate surface area is 196 Å². The number of carbonyl (C=O) groups is 2. The van der Waals surface area contributed by atoms with Crippen LogP contribution in [0.4, 0.5) is 10.3 Å². The average molecular weight is 458 g/mol. The van der Waals surface area contributed by atoms with Crippen LogP contribution in [0.2, 0.25) is 0 Å². The highest BCUT2D eigenvalue weighted by molar-refractivity contribution is 6.08. The molecule has 5 rings (SSSR count). The van der Waals surface area contributed by atoms with Gasteiger partial charge in [-0.3, -0.25) is 14.5 Å². The van der Waals surface area contributed by atoms with Gasteiger partial charge >= 0.3 is 5.97 Å². The molecule has 4 aromatic rings. The van der Waals surface area contributed by atoms with Gasteiger partial charge in [0.2, 0.25) is 11.9 Å². The first kappa shape index (κ1) is 21.8. The van der Waals surface area contributed by atoms with Gasteiger partial charge in [-0.2, -0.15) is 0 Å². The molecule has 3 aromatic carbocycles. The first-order chi connectivity index (χ1) is 16.6. The van der Waals surface area contributed by atoms with E-state index in [2.05, 4.69) is 0 Å². The van der Waals surface area contributed by atoms with Crippen LogP contribution in [0.1, 0.15) is 24.1 Å². The minimum absolute atomic E-state index is 0.139. The third-order valence-corrected chi connectivity index (χ3v) is 6.14. The fourth-order valence-corrected chi connectivity index (χ4v) is 4.64. The zero-order valence-corrected chi connectivity index (χ0v) is 18.7. The zero-order chi connectivity index (χ0) is 23.7. The second kappa shape index (κ2) is 9.09. The second-order valence-electron chi connectivity index (χ2n) is 8.23. The summed E-state index contributed by atoms with van der Waals surface area (Å²) >= 11 is 0. The molecule has 0 radical (unpaired) electrons. The number of halogens is 1. The number of anilines is 1. The third kappa shape index (κ3) is 3.83. The third-order valence-electron chi connectivity index (χ3n) is 6.14. The average Bonchev–Trinajstić information content (AvgIpc) is 3.22. The van der Waals surface area contributed by atoms with Crippen molar-refractivity contribution in [3.8, 4) is 0 Å². The summed E-state index contributed by atoms with van der Waals surface area (Å²) in [5.74, 6) is -2.19. The van der Waals surface area contributed by atoms with E-state index in [0.717, 1.165) is 11.1 Å². The van der Waals surface area contributed by atoms with Gasteiger partial charge in [-0.1, -0.05) is 54.6 Å². The maximum absolute atomic E-state index is 14.3. The fourth-order valence-electron chi connectivity index (χ4n) is 4.64. The van der Waals surface area contributed by atoms with Crippen LogP contribution < -0.4 is 4.90 Å². The van der Waals surface area contributed by atoms with Gasteiger partial charge in [-0.25, -0.2) is 9.37 Å². The van der Waals surface area contributed by atoms with Crippen LogP contribution in [0.25, 0.3) is 11.0 Å². The maximum atomic E-state index is 14.3. The monoisotopic (exact) mass is 457 g/mol. The van der Waals surface area contributed by atoms with Gasteiger partial charge in [0.1, 0.15) is 5.82 Å². The van der Waals surface area contributed by atoms with E-state index >= 15 is 0 Å². The van der Waals surface area contributed by atoms with Gasteiger partial charge in [0.15, 0.2) is 5.92 Å². The standard InChI is InChI=1S/C27H24FN3O3/c1-2-34-26(33)23-24(19-11-8-12-20(28)17-19)31-22-14-7-6-13-21(22)29-27(31)30(25(23)32)16-15-18-9-4-3-5-10-18/h3-14,17,23-24H,2,15-16H2,1H3/t23-,24+/m1/s1. The van der Waals surface area contributed by atoms with Crippen LogP contribution in [0.5, 0.6) is 0 Å². The summed E-state index contributed by atoms with van der Waals surface area (Å²) in [5, 5.41) is 0. The van der Waals surface area contributed by atoms with Crippen LogP contribution in [0, 0.1) is 11.7 Å². The second-order valence-corrected chi connectivity index (χ2v) is 8.23. The van der Waals surface area contributed by atoms with Crippen molar-refractivity contribution in [2.45, 2.75) is 19.4 Å². The molecule has 172 valence electrons. The van der Waals surface area contributed by atoms with Gasteiger partial charge in [0.25, 0.3) is 0 Å². The summed E-state index contributed by atoms with van der Waals surface area (Å²) in [5.41, 5.74) is 3.04. The van der Waals surface area contributed by atoms with Gasteiger partial charge in [-0.15, -0.1) is 0 Å². The molecule has 0 saturated carbocycles. The van der Waals surface area contributed by atoms with Crippen LogP contribution in [-0.4, -0.2) is 34.6 Å². The molecule has 0 N–H and O–H groups in total. The first-order valence-corrected chi connectivity index (χ1v) is 11.3. The number of para-hydroxylation sites is 2. The number of fused-ring (bicyclic) bond motifs is 3. The van der Waals surface area contributed by atoms with E-state index < -0.39 is 29.7 Å². The number of hydrogen-bond donors (Lipinski definition) is 0. The number of hydrogen-bond acceptors (Lipinski definition) is 4. The van der Waals surface area contributed by atoms with Crippen LogP contribution >= 0.6 is 0 Å². The Bertz CT molecular complexity index is 1350. The largest absolute Gasteiger partial charge is 0.465 e. The maximum Gasteiger partial charge on any atom is 0.321 e. The predicted molar refractivity (Wildman–Crippen MR) is 127 cm³/mol. The van der Waals surface area contributed by atoms with E-state index in [4.69, 9.17) is 9.72 Å². The van der Waals surface area contributed by atoms with E-state index in [1.165, 1.54) is 12.1 Å². The number of benzene rings is 3. The van der Waals surface area contributed by atoms with Crippen LogP contribution in [0.3, 0.4) is 0 Å². The highest BCUT2D eigenvalue weighted by Crippen LogP contribution is 2.41. The molecule has 0 unspecified atom stereocenters. The summed E-state index contributed by atoms with van der Waals surface area (Å²) in [4.78, 5) is 33.3. The summed E-state index contributed by atoms with van der Waals surface area (Å²) in [7, 11) is 0. The lowest BCUT2D eigenvalue weighted by Crippen LogP contribution is -2.50. The van der Waals surface area contributed by atoms with Crippen LogP contribution in [-0.2, 0) is 20.7 Å². The molecule has 2 atom stereocenters. The Morgan fingerprint density at radius 1 is 1.03 bits per heavy atom. The van der Waals surface area contributed by atoms with E-state index in [9.17, 15) is 14.0 Å². The van der Waals surface area contributed by atoms with Crippen molar-refractivity contribution in [2.24, 2.45) is 5.92 Å². The van der Waals surface area contributed by atoms with Crippen molar-refractivity contribution < 1.29 is 18.7 Å². The molecule has 34 heavy (non-hydrogen) atoms. The van der Waals surface area contributed by atoms with Crippen molar-refractivity contribution in [3.63, 3.8) is 0 Å². The molecule has 0 spiro atoms. The van der Waals surface area contributed by atoms with Crippen molar-refractivity contribution in [1.82, 2.24) is 9.55 Å². The Balaban J connectivity index is 1.69. The quantitative estimate of drug-likeness (QED) is 0.315. The number of nitrogens with zero attached hydrogens (tertiary/aromatic N) is 3. The molecule has 6 nitrogen and oxygen atoms in total. The van der Waals surface area contributed by atoms with E-state index in [1.807, 2.05) is 59.2 Å². The lowest BCUT2D eigenvalue weighted by Gasteiger charge is -2.38. The number of aromatic nitrogens is 2. The number of carbonyl (C=O) groups excluding carboxylic acids is 2. The Hall–Kier alpha value is -4.00. The van der Waals surface area contributed by atoms with E-state index in [1.54, 1.807) is 24.0 Å². The lowest BCUT2D eigenvalue weighted by atomic mass is 9.89. The molecule has 1 aliphatic rings. The number of imidazole rings is 1. The van der Waals surface area contributed by atoms with Gasteiger partial charge < -0.3 is 9.30 Å². The summed E-state index contributed by atoms with van der Waals surface area (Å²) in [6.07, 6.45) is 0.593. The predicted octanol–water partition coefficient (Wildman–Crippen LogP) is 4.53. The molecule has 2 heterocycles. The number of amides is 1. The lowest BCUT2D eigenvalue weighted by molar-refractivity contribution is -0.153. The van der Waals surface area contributed by atoms with Crippen molar-refractivity contribution >= 4 is 28.9 Å². The Morgan fingerprint density at radius 3 is 2.56 bits per heavy atom. The molecule has 0 bridgehead atoms. The van der Waals surface area contributed by atoms with Crippen molar-refractivity contribution in [3.05, 3.63) is 95.8 Å². The number of esters is 1. The highest BCUT2D eigenvalue weighted by Gasteiger charge is 2.47. The summed E-state index contributed by atoms with van der Waals surface area (Å²) in [6, 6.07) is 22.6. The zero-order valence-electron chi connectivity index (χ0n) is 18.7. The van der Waals surface area contributed by atoms with Gasteiger partial charge in [0.05, 0.1) is 23.7 Å². The fraction of sp³-hybridized carbons (Fsp3) is 0.222. The summed E-state index contributed by atoms with van der Waals surface area (Å²) in [6.45, 7) is 2.19. The normalized spacial score (nSPS) is 17.6. The van der Waals surface area contributed by atoms with E-state index in [-0.39, 0.29) is 6.61 Å². The van der Waals surface area contributed by atoms with Crippen molar-refractivity contribution in [2.75, 3.05) is 18.1 Å². The molecule has 7 heteroatoms. The number of ether oxygens (including phenoxy) is 1. The Morgan fingerprint density at radius 2 is 1.79 bits per heavy atom. The molecule has 1 aliphatic heterocycles. The SMILES string of the molecule is CCOC(=O)[C@H]1C(=O)N(CCc2ccccc2)c2nc3ccccc3n2[C@H]1c1cccc(F)c1. The molecule has 1 amide bonds. The Kier molecular flexibility index (Phi) is 5.84. The highest BCUT2D eigenvalue weighted by atomic mass is 19.1. The molecule has 1 aromatic heterocycles. The molecule has 0 fully saturated rings. The van der Waals surface area contributed by atoms with E-state index in [0.29, 0.717) is 30.0 Å². The minimum atomic E-state index is -1.16. The van der Waals surface area contributed by atoms with Crippen LogP contribution in [0.15, 0.2) is 78.9 Å². The first-order valence-electron chi connectivity index (χ1n) is 11.3. The van der Waals surface area contributed by atoms with Crippen molar-refractivity contribution in [1.29, 1.82) is 0 Å². The molecule has 0 aliphatic carbocycles. The number of rotatable bonds is 6. The topological polar surface area (TPSA) is 64.4 Å². The molecular weight excluding hydrogens is 433 g/mol. The van der Waals surface area contributed by atoms with Gasteiger partial charge in [0, 0.05) is 6.54 Å². The minimum Gasteiger partial charge on any atom is -0.465 e. The summed E-state index contributed by atoms with van der Waals surface area (Å²) < 4.78 is 21.5. The molecular formula is C27H24FN3O3. The van der Waals surface area contributed by atoms with Gasteiger partial charge in [-0.05, 0) is 48.7 Å². The molecule has 0 saturated heterocycles. The smallest absolute Gasteiger partial charge is 0.321 e.